The van der Waals surface area contributed by atoms with Crippen LogP contribution in [0, 0.1) is 6.92 Å². The summed E-state index contributed by atoms with van der Waals surface area (Å²) in [5.41, 5.74) is 1.77. The summed E-state index contributed by atoms with van der Waals surface area (Å²) in [6, 6.07) is 12.2. The molecule has 0 radical (unpaired) electrons. The van der Waals surface area contributed by atoms with Gasteiger partial charge in [0.05, 0.1) is 24.1 Å². The summed E-state index contributed by atoms with van der Waals surface area (Å²) in [6.07, 6.45) is 0. The molecule has 8 heteroatoms. The molecule has 0 aliphatic rings. The lowest BCUT2D eigenvalue weighted by atomic mass is 10.2. The van der Waals surface area contributed by atoms with E-state index in [9.17, 15) is 14.4 Å². The third-order valence-electron chi connectivity index (χ3n) is 3.92. The number of thioether (sulfide) groups is 1. The number of carbonyl (C=O) groups excluding carboxylic acids is 3. The van der Waals surface area contributed by atoms with Gasteiger partial charge in [0.25, 0.3) is 5.91 Å². The van der Waals surface area contributed by atoms with Crippen LogP contribution in [0.5, 0.6) is 5.75 Å². The van der Waals surface area contributed by atoms with E-state index in [-0.39, 0.29) is 11.7 Å². The molecule has 0 spiro atoms. The Labute approximate surface area is 174 Å². The van der Waals surface area contributed by atoms with Crippen molar-refractivity contribution in [2.24, 2.45) is 0 Å². The van der Waals surface area contributed by atoms with Crippen LogP contribution in [-0.2, 0) is 14.3 Å². The highest BCUT2D eigenvalue weighted by Gasteiger charge is 2.16. The van der Waals surface area contributed by atoms with Crippen molar-refractivity contribution in [2.75, 3.05) is 38.9 Å². The van der Waals surface area contributed by atoms with Gasteiger partial charge in [-0.25, -0.2) is 4.79 Å². The van der Waals surface area contributed by atoms with Gasteiger partial charge in [-0.05, 0) is 36.8 Å². The lowest BCUT2D eigenvalue weighted by Gasteiger charge is -2.13. The van der Waals surface area contributed by atoms with Crippen molar-refractivity contribution in [1.29, 1.82) is 0 Å². The first-order chi connectivity index (χ1) is 13.8. The fourth-order valence-electron chi connectivity index (χ4n) is 2.34. The first-order valence-electron chi connectivity index (χ1n) is 8.85. The minimum absolute atomic E-state index is 0.0651. The number of carbonyl (C=O) groups is 3. The molecule has 0 bridgehead atoms. The molecule has 0 saturated heterocycles. The van der Waals surface area contributed by atoms with E-state index in [4.69, 9.17) is 9.47 Å². The van der Waals surface area contributed by atoms with Crippen LogP contribution in [-0.4, -0.2) is 56.2 Å². The Balaban J connectivity index is 1.98. The van der Waals surface area contributed by atoms with E-state index < -0.39 is 18.5 Å². The summed E-state index contributed by atoms with van der Waals surface area (Å²) < 4.78 is 10.4. The molecule has 1 N–H and O–H groups in total. The molecule has 2 aromatic carbocycles. The summed E-state index contributed by atoms with van der Waals surface area (Å²) in [6.45, 7) is 1.45. The van der Waals surface area contributed by atoms with E-state index in [2.05, 4.69) is 5.32 Å². The van der Waals surface area contributed by atoms with Crippen molar-refractivity contribution >= 4 is 35.2 Å². The molecule has 0 aliphatic heterocycles. The van der Waals surface area contributed by atoms with Crippen LogP contribution in [0.1, 0.15) is 15.9 Å². The number of nitrogens with one attached hydrogen (secondary N) is 1. The van der Waals surface area contributed by atoms with Crippen molar-refractivity contribution in [3.8, 4) is 5.75 Å². The van der Waals surface area contributed by atoms with Gasteiger partial charge in [-0.15, -0.1) is 11.8 Å². The van der Waals surface area contributed by atoms with Gasteiger partial charge in [-0.3, -0.25) is 9.59 Å². The van der Waals surface area contributed by atoms with Crippen LogP contribution < -0.4 is 10.1 Å². The number of amides is 2. The minimum atomic E-state index is -0.628. The average Bonchev–Trinajstić information content (AvgIpc) is 2.70. The van der Waals surface area contributed by atoms with Crippen molar-refractivity contribution in [3.05, 3.63) is 53.6 Å². The summed E-state index contributed by atoms with van der Waals surface area (Å²) >= 11 is 1.25. The van der Waals surface area contributed by atoms with E-state index in [1.54, 1.807) is 50.5 Å². The largest absolute Gasteiger partial charge is 0.495 e. The number of hydrogen-bond acceptors (Lipinski definition) is 6. The molecule has 2 aromatic rings. The standard InChI is InChI=1S/C21H24N2O5S/c1-14-9-10-17(27-4)16(11-14)22-19(24)12-28-21(26)15-7-5-6-8-18(15)29-13-20(25)23(2)3/h5-11H,12-13H2,1-4H3,(H,22,24). The van der Waals surface area contributed by atoms with Crippen LogP contribution in [0.3, 0.4) is 0 Å². The lowest BCUT2D eigenvalue weighted by molar-refractivity contribution is -0.125. The van der Waals surface area contributed by atoms with Crippen molar-refractivity contribution in [2.45, 2.75) is 11.8 Å². The van der Waals surface area contributed by atoms with Crippen molar-refractivity contribution in [3.63, 3.8) is 0 Å². The highest BCUT2D eigenvalue weighted by atomic mass is 32.2. The second-order valence-electron chi connectivity index (χ2n) is 6.40. The molecule has 0 fully saturated rings. The Morgan fingerprint density at radius 2 is 1.83 bits per heavy atom. The SMILES string of the molecule is COc1ccc(C)cc1NC(=O)COC(=O)c1ccccc1SCC(=O)N(C)C. The number of esters is 1. The Morgan fingerprint density at radius 1 is 1.10 bits per heavy atom. The maximum Gasteiger partial charge on any atom is 0.339 e. The molecular weight excluding hydrogens is 392 g/mol. The number of aryl methyl sites for hydroxylation is 1. The second kappa shape index (κ2) is 10.5. The van der Waals surface area contributed by atoms with Crippen LogP contribution in [0.15, 0.2) is 47.4 Å². The second-order valence-corrected chi connectivity index (χ2v) is 7.42. The smallest absolute Gasteiger partial charge is 0.339 e. The summed E-state index contributed by atoms with van der Waals surface area (Å²) in [4.78, 5) is 38.5. The lowest BCUT2D eigenvalue weighted by Crippen LogP contribution is -2.23. The Morgan fingerprint density at radius 3 is 2.52 bits per heavy atom. The van der Waals surface area contributed by atoms with Crippen LogP contribution in [0.4, 0.5) is 5.69 Å². The van der Waals surface area contributed by atoms with E-state index in [1.165, 1.54) is 23.8 Å². The fraction of sp³-hybridized carbons (Fsp3) is 0.286. The normalized spacial score (nSPS) is 10.2. The Bertz CT molecular complexity index is 898. The fourth-order valence-corrected chi connectivity index (χ4v) is 3.36. The molecule has 154 valence electrons. The molecule has 0 heterocycles. The van der Waals surface area contributed by atoms with Gasteiger partial charge in [-0.2, -0.15) is 0 Å². The predicted molar refractivity (Wildman–Crippen MR) is 113 cm³/mol. The molecule has 0 aliphatic carbocycles. The predicted octanol–water partition coefficient (Wildman–Crippen LogP) is 2.98. The monoisotopic (exact) mass is 416 g/mol. The maximum absolute atomic E-state index is 12.4. The summed E-state index contributed by atoms with van der Waals surface area (Å²) in [7, 11) is 4.85. The topological polar surface area (TPSA) is 84.9 Å². The quantitative estimate of drug-likeness (QED) is 0.526. The zero-order chi connectivity index (χ0) is 21.4. The average molecular weight is 416 g/mol. The molecule has 29 heavy (non-hydrogen) atoms. The zero-order valence-electron chi connectivity index (χ0n) is 16.9. The highest BCUT2D eigenvalue weighted by Crippen LogP contribution is 2.25. The first kappa shape index (κ1) is 22.3. The highest BCUT2D eigenvalue weighted by molar-refractivity contribution is 8.00. The number of rotatable bonds is 8. The van der Waals surface area contributed by atoms with Gasteiger partial charge in [0.1, 0.15) is 5.75 Å². The number of hydrogen-bond donors (Lipinski definition) is 1. The van der Waals surface area contributed by atoms with E-state index in [0.717, 1.165) is 5.56 Å². The Hall–Kier alpha value is -3.00. The number of nitrogens with zero attached hydrogens (tertiary/aromatic N) is 1. The molecule has 0 aromatic heterocycles. The first-order valence-corrected chi connectivity index (χ1v) is 9.84. The number of benzene rings is 2. The van der Waals surface area contributed by atoms with Gasteiger partial charge in [-0.1, -0.05) is 18.2 Å². The molecule has 0 saturated carbocycles. The van der Waals surface area contributed by atoms with Crippen LogP contribution >= 0.6 is 11.8 Å². The molecule has 7 nitrogen and oxygen atoms in total. The Kier molecular flexibility index (Phi) is 8.09. The molecule has 2 amide bonds. The molecule has 2 rings (SSSR count). The van der Waals surface area contributed by atoms with E-state index in [1.807, 2.05) is 13.0 Å². The maximum atomic E-state index is 12.4. The van der Waals surface area contributed by atoms with E-state index in [0.29, 0.717) is 21.9 Å². The third-order valence-corrected chi connectivity index (χ3v) is 4.98. The molecule has 0 atom stereocenters. The molecular formula is C21H24N2O5S. The van der Waals surface area contributed by atoms with Gasteiger partial charge < -0.3 is 19.7 Å². The van der Waals surface area contributed by atoms with Gasteiger partial charge in [0, 0.05) is 19.0 Å². The van der Waals surface area contributed by atoms with Crippen molar-refractivity contribution < 1.29 is 23.9 Å². The van der Waals surface area contributed by atoms with Crippen molar-refractivity contribution in [1.82, 2.24) is 4.90 Å². The van der Waals surface area contributed by atoms with E-state index >= 15 is 0 Å². The summed E-state index contributed by atoms with van der Waals surface area (Å²) in [5, 5.41) is 2.68. The third kappa shape index (κ3) is 6.53. The minimum Gasteiger partial charge on any atom is -0.495 e. The van der Waals surface area contributed by atoms with Gasteiger partial charge in [0.15, 0.2) is 6.61 Å². The number of methoxy groups -OCH3 is 1. The number of ether oxygens (including phenoxy) is 2. The zero-order valence-corrected chi connectivity index (χ0v) is 17.7. The van der Waals surface area contributed by atoms with Gasteiger partial charge >= 0.3 is 5.97 Å². The van der Waals surface area contributed by atoms with Crippen LogP contribution in [0.2, 0.25) is 0 Å². The molecule has 0 unspecified atom stereocenters. The van der Waals surface area contributed by atoms with Crippen LogP contribution in [0.25, 0.3) is 0 Å². The summed E-state index contributed by atoms with van der Waals surface area (Å²) in [5.74, 6) is -0.454. The number of anilines is 1. The van der Waals surface area contributed by atoms with Gasteiger partial charge in [0.2, 0.25) is 5.91 Å².